The molecule has 0 aliphatic carbocycles. The summed E-state index contributed by atoms with van der Waals surface area (Å²) in [5.74, 6) is -0.322. The molecule has 0 aliphatic rings. The number of hydrogen-bond acceptors (Lipinski definition) is 4. The fraction of sp³-hybridized carbons (Fsp3) is 0.462. The lowest BCUT2D eigenvalue weighted by atomic mass is 10.1. The SMILES string of the molecule is CCOCCCNc1cc(OC)ccc1C(=O)O. The van der Waals surface area contributed by atoms with Crippen LogP contribution in [0.4, 0.5) is 5.69 Å². The number of carboxylic acid groups (broad SMARTS) is 1. The Hall–Kier alpha value is -1.75. The molecule has 2 N–H and O–H groups in total. The van der Waals surface area contributed by atoms with Gasteiger partial charge in [0, 0.05) is 25.8 Å². The van der Waals surface area contributed by atoms with E-state index in [1.165, 1.54) is 6.07 Å². The van der Waals surface area contributed by atoms with E-state index < -0.39 is 5.97 Å². The van der Waals surface area contributed by atoms with Crippen LogP contribution in [0.2, 0.25) is 0 Å². The number of anilines is 1. The van der Waals surface area contributed by atoms with Crippen molar-refractivity contribution < 1.29 is 19.4 Å². The van der Waals surface area contributed by atoms with E-state index in [4.69, 9.17) is 14.6 Å². The van der Waals surface area contributed by atoms with Crippen molar-refractivity contribution in [1.29, 1.82) is 0 Å². The standard InChI is InChI=1S/C13H19NO4/c1-3-18-8-4-7-14-12-9-10(17-2)5-6-11(12)13(15)16/h5-6,9,14H,3-4,7-8H2,1-2H3,(H,15,16). The number of nitrogens with one attached hydrogen (secondary N) is 1. The third-order valence-corrected chi connectivity index (χ3v) is 2.44. The van der Waals surface area contributed by atoms with Gasteiger partial charge in [-0.1, -0.05) is 0 Å². The predicted octanol–water partition coefficient (Wildman–Crippen LogP) is 2.23. The Balaban J connectivity index is 2.63. The lowest BCUT2D eigenvalue weighted by molar-refractivity contribution is 0.0698. The first kappa shape index (κ1) is 14.3. The minimum Gasteiger partial charge on any atom is -0.497 e. The first-order valence-corrected chi connectivity index (χ1v) is 5.92. The topological polar surface area (TPSA) is 67.8 Å². The van der Waals surface area contributed by atoms with Gasteiger partial charge in [-0.05, 0) is 25.5 Å². The van der Waals surface area contributed by atoms with Crippen LogP contribution in [0.25, 0.3) is 0 Å². The fourth-order valence-corrected chi connectivity index (χ4v) is 1.52. The maximum absolute atomic E-state index is 11.1. The number of aromatic carboxylic acids is 1. The van der Waals surface area contributed by atoms with Crippen LogP contribution in [0.3, 0.4) is 0 Å². The normalized spacial score (nSPS) is 10.1. The molecule has 0 heterocycles. The Labute approximate surface area is 107 Å². The zero-order valence-corrected chi connectivity index (χ0v) is 10.7. The number of rotatable bonds is 8. The van der Waals surface area contributed by atoms with Crippen LogP contribution in [-0.2, 0) is 4.74 Å². The van der Waals surface area contributed by atoms with Crippen LogP contribution < -0.4 is 10.1 Å². The van der Waals surface area contributed by atoms with E-state index in [2.05, 4.69) is 5.32 Å². The van der Waals surface area contributed by atoms with Crippen molar-refractivity contribution in [2.75, 3.05) is 32.2 Å². The second-order valence-corrected chi connectivity index (χ2v) is 3.69. The van der Waals surface area contributed by atoms with Gasteiger partial charge in [0.15, 0.2) is 0 Å². The smallest absolute Gasteiger partial charge is 0.337 e. The molecule has 0 fully saturated rings. The highest BCUT2D eigenvalue weighted by Gasteiger charge is 2.10. The molecule has 1 rings (SSSR count). The summed E-state index contributed by atoms with van der Waals surface area (Å²) in [6.07, 6.45) is 0.824. The van der Waals surface area contributed by atoms with E-state index in [9.17, 15) is 4.79 Å². The predicted molar refractivity (Wildman–Crippen MR) is 69.6 cm³/mol. The van der Waals surface area contributed by atoms with Crippen molar-refractivity contribution in [1.82, 2.24) is 0 Å². The average molecular weight is 253 g/mol. The molecule has 0 saturated heterocycles. The second-order valence-electron chi connectivity index (χ2n) is 3.69. The summed E-state index contributed by atoms with van der Waals surface area (Å²) in [6, 6.07) is 4.85. The van der Waals surface area contributed by atoms with Crippen molar-refractivity contribution in [3.05, 3.63) is 23.8 Å². The second kappa shape index (κ2) is 7.55. The van der Waals surface area contributed by atoms with Crippen molar-refractivity contribution in [3.8, 4) is 5.75 Å². The quantitative estimate of drug-likeness (QED) is 0.695. The number of methoxy groups -OCH3 is 1. The van der Waals surface area contributed by atoms with E-state index >= 15 is 0 Å². The van der Waals surface area contributed by atoms with Crippen LogP contribution in [0.5, 0.6) is 5.75 Å². The van der Waals surface area contributed by atoms with Crippen molar-refractivity contribution >= 4 is 11.7 Å². The zero-order valence-electron chi connectivity index (χ0n) is 10.7. The Morgan fingerprint density at radius 3 is 2.83 bits per heavy atom. The third-order valence-electron chi connectivity index (χ3n) is 2.44. The van der Waals surface area contributed by atoms with Crippen LogP contribution in [0.15, 0.2) is 18.2 Å². The molecule has 0 atom stereocenters. The van der Waals surface area contributed by atoms with Gasteiger partial charge in [0.25, 0.3) is 0 Å². The molecule has 1 aromatic rings. The number of carbonyl (C=O) groups is 1. The highest BCUT2D eigenvalue weighted by atomic mass is 16.5. The zero-order chi connectivity index (χ0) is 13.4. The van der Waals surface area contributed by atoms with Gasteiger partial charge in [0.05, 0.1) is 18.4 Å². The molecule has 100 valence electrons. The van der Waals surface area contributed by atoms with Crippen molar-refractivity contribution in [2.24, 2.45) is 0 Å². The number of carboxylic acids is 1. The summed E-state index contributed by atoms with van der Waals surface area (Å²) in [5.41, 5.74) is 0.811. The largest absolute Gasteiger partial charge is 0.497 e. The molecule has 0 radical (unpaired) electrons. The molecular weight excluding hydrogens is 234 g/mol. The summed E-state index contributed by atoms with van der Waals surface area (Å²) in [5, 5.41) is 12.2. The maximum Gasteiger partial charge on any atom is 0.337 e. The van der Waals surface area contributed by atoms with Crippen LogP contribution in [-0.4, -0.2) is 37.9 Å². The summed E-state index contributed by atoms with van der Waals surface area (Å²) >= 11 is 0. The van der Waals surface area contributed by atoms with Crippen LogP contribution in [0.1, 0.15) is 23.7 Å². The van der Waals surface area contributed by atoms with Crippen LogP contribution in [0, 0.1) is 0 Å². The van der Waals surface area contributed by atoms with Gasteiger partial charge >= 0.3 is 5.97 Å². The first-order chi connectivity index (χ1) is 8.69. The highest BCUT2D eigenvalue weighted by Crippen LogP contribution is 2.22. The minimum atomic E-state index is -0.954. The van der Waals surface area contributed by atoms with Crippen molar-refractivity contribution in [2.45, 2.75) is 13.3 Å². The van der Waals surface area contributed by atoms with Crippen LogP contribution >= 0.6 is 0 Å². The molecule has 0 aromatic heterocycles. The van der Waals surface area contributed by atoms with Gasteiger partial charge in [-0.2, -0.15) is 0 Å². The molecule has 0 saturated carbocycles. The van der Waals surface area contributed by atoms with Gasteiger partial charge in [-0.25, -0.2) is 4.79 Å². The summed E-state index contributed by atoms with van der Waals surface area (Å²) < 4.78 is 10.3. The van der Waals surface area contributed by atoms with Gasteiger partial charge in [-0.15, -0.1) is 0 Å². The van der Waals surface area contributed by atoms with E-state index in [-0.39, 0.29) is 5.56 Å². The third kappa shape index (κ3) is 4.25. The molecule has 0 amide bonds. The van der Waals surface area contributed by atoms with Gasteiger partial charge in [-0.3, -0.25) is 0 Å². The molecule has 5 heteroatoms. The summed E-state index contributed by atoms with van der Waals surface area (Å²) in [4.78, 5) is 11.1. The number of ether oxygens (including phenoxy) is 2. The number of benzene rings is 1. The Morgan fingerprint density at radius 1 is 1.44 bits per heavy atom. The van der Waals surface area contributed by atoms with E-state index in [0.717, 1.165) is 6.42 Å². The molecule has 5 nitrogen and oxygen atoms in total. The Kier molecular flexibility index (Phi) is 6.00. The first-order valence-electron chi connectivity index (χ1n) is 5.92. The highest BCUT2D eigenvalue weighted by molar-refractivity contribution is 5.94. The molecular formula is C13H19NO4. The molecule has 0 unspecified atom stereocenters. The maximum atomic E-state index is 11.1. The lowest BCUT2D eigenvalue weighted by Gasteiger charge is -2.11. The average Bonchev–Trinajstić information content (AvgIpc) is 2.38. The molecule has 1 aromatic carbocycles. The number of hydrogen-bond donors (Lipinski definition) is 2. The molecule has 0 bridgehead atoms. The molecule has 18 heavy (non-hydrogen) atoms. The lowest BCUT2D eigenvalue weighted by Crippen LogP contribution is -2.09. The van der Waals surface area contributed by atoms with Gasteiger partial charge in [0.2, 0.25) is 0 Å². The minimum absolute atomic E-state index is 0.243. The Morgan fingerprint density at radius 2 is 2.22 bits per heavy atom. The molecule has 0 aliphatic heterocycles. The van der Waals surface area contributed by atoms with Gasteiger partial charge in [0.1, 0.15) is 5.75 Å². The Bertz CT molecular complexity index is 393. The molecule has 0 spiro atoms. The fourth-order valence-electron chi connectivity index (χ4n) is 1.52. The summed E-state index contributed by atoms with van der Waals surface area (Å²) in [7, 11) is 1.55. The monoisotopic (exact) mass is 253 g/mol. The van der Waals surface area contributed by atoms with E-state index in [1.54, 1.807) is 19.2 Å². The van der Waals surface area contributed by atoms with E-state index in [1.807, 2.05) is 6.92 Å². The van der Waals surface area contributed by atoms with Crippen molar-refractivity contribution in [3.63, 3.8) is 0 Å². The van der Waals surface area contributed by atoms with E-state index in [0.29, 0.717) is 31.2 Å². The summed E-state index contributed by atoms with van der Waals surface area (Å²) in [6.45, 7) is 3.96. The van der Waals surface area contributed by atoms with Gasteiger partial charge < -0.3 is 19.9 Å².